The Hall–Kier alpha value is -3.59. The molecule has 1 unspecified atom stereocenters. The van der Waals surface area contributed by atoms with Gasteiger partial charge in [-0.2, -0.15) is 0 Å². The minimum atomic E-state index is -0.386. The maximum atomic E-state index is 12.9. The fourth-order valence-corrected chi connectivity index (χ4v) is 5.10. The third-order valence-electron chi connectivity index (χ3n) is 6.60. The maximum Gasteiger partial charge on any atom is 0.286 e. The van der Waals surface area contributed by atoms with Gasteiger partial charge in [0.05, 0.1) is 0 Å². The Bertz CT molecular complexity index is 1200. The minimum Gasteiger partial charge on any atom is -0.354 e. The van der Waals surface area contributed by atoms with E-state index in [1.54, 1.807) is 4.90 Å². The van der Waals surface area contributed by atoms with Crippen LogP contribution >= 0.6 is 11.3 Å². The highest BCUT2D eigenvalue weighted by Gasteiger charge is 2.28. The van der Waals surface area contributed by atoms with Gasteiger partial charge in [-0.05, 0) is 63.1 Å². The number of hydrogen-bond donors (Lipinski definition) is 2. The number of benzene rings is 2. The molecule has 4 rings (SSSR count). The fraction of sp³-hybridized carbons (Fsp3) is 0.393. The Morgan fingerprint density at radius 2 is 1.68 bits per heavy atom. The summed E-state index contributed by atoms with van der Waals surface area (Å²) in [7, 11) is 0. The van der Waals surface area contributed by atoms with Crippen molar-refractivity contribution < 1.29 is 14.4 Å². The van der Waals surface area contributed by atoms with Crippen molar-refractivity contribution in [2.24, 2.45) is 5.92 Å². The molecule has 2 aromatic carbocycles. The summed E-state index contributed by atoms with van der Waals surface area (Å²) in [6.45, 7) is 5.13. The molecule has 2 N–H and O–H groups in total. The predicted octanol–water partition coefficient (Wildman–Crippen LogP) is 4.48. The van der Waals surface area contributed by atoms with Gasteiger partial charge in [0.2, 0.25) is 15.9 Å². The lowest BCUT2D eigenvalue weighted by Crippen LogP contribution is -2.40. The Balaban J connectivity index is 1.19. The molecule has 8 nitrogen and oxygen atoms in total. The standard InChI is InChI=1S/C28H33N5O3S/c1-19-8-12-23(13-9-19)30-25(35)26-31-32-27(37-26)28(36)33-16-14-22(15-17-33)18-24(34)29-20(2)10-11-21-6-4-3-5-7-21/h3-9,12-13,20,22H,10-11,14-18H2,1-2H3,(H,29,34)(H,30,35). The SMILES string of the molecule is Cc1ccc(NC(=O)c2nnc(C(=O)N3CCC(CC(=O)NC(C)CCc4ccccc4)CC3)s2)cc1. The van der Waals surface area contributed by atoms with Crippen molar-refractivity contribution in [2.45, 2.75) is 52.0 Å². The topological polar surface area (TPSA) is 104 Å². The molecule has 1 aliphatic heterocycles. The van der Waals surface area contributed by atoms with Crippen molar-refractivity contribution in [1.29, 1.82) is 0 Å². The number of amides is 3. The number of hydrogen-bond acceptors (Lipinski definition) is 6. The average Bonchev–Trinajstić information content (AvgIpc) is 3.40. The number of piperidine rings is 1. The highest BCUT2D eigenvalue weighted by molar-refractivity contribution is 7.15. The third kappa shape index (κ3) is 7.69. The molecule has 0 saturated carbocycles. The number of carbonyl (C=O) groups is 3. The van der Waals surface area contributed by atoms with E-state index in [0.717, 1.165) is 42.6 Å². The number of anilines is 1. The van der Waals surface area contributed by atoms with E-state index >= 15 is 0 Å². The van der Waals surface area contributed by atoms with Crippen LogP contribution in [0, 0.1) is 12.8 Å². The largest absolute Gasteiger partial charge is 0.354 e. The van der Waals surface area contributed by atoms with Gasteiger partial charge in [0.15, 0.2) is 0 Å². The molecule has 1 fully saturated rings. The first-order valence-electron chi connectivity index (χ1n) is 12.7. The number of likely N-dealkylation sites (tertiary alicyclic amines) is 1. The van der Waals surface area contributed by atoms with E-state index in [-0.39, 0.29) is 39.7 Å². The summed E-state index contributed by atoms with van der Waals surface area (Å²) < 4.78 is 0. The van der Waals surface area contributed by atoms with E-state index in [0.29, 0.717) is 25.2 Å². The summed E-state index contributed by atoms with van der Waals surface area (Å²) in [6, 6.07) is 17.8. The van der Waals surface area contributed by atoms with Crippen molar-refractivity contribution in [3.05, 3.63) is 75.7 Å². The molecule has 1 atom stereocenters. The third-order valence-corrected chi connectivity index (χ3v) is 7.51. The summed E-state index contributed by atoms with van der Waals surface area (Å²) in [6.07, 6.45) is 3.83. The second-order valence-electron chi connectivity index (χ2n) is 9.67. The highest BCUT2D eigenvalue weighted by atomic mass is 32.1. The Morgan fingerprint density at radius 3 is 2.38 bits per heavy atom. The number of nitrogens with one attached hydrogen (secondary N) is 2. The summed E-state index contributed by atoms with van der Waals surface area (Å²) >= 11 is 0.997. The van der Waals surface area contributed by atoms with Crippen LogP contribution in [-0.2, 0) is 11.2 Å². The van der Waals surface area contributed by atoms with Crippen LogP contribution in [0.2, 0.25) is 0 Å². The molecule has 0 spiro atoms. The van der Waals surface area contributed by atoms with Gasteiger partial charge in [0, 0.05) is 31.2 Å². The van der Waals surface area contributed by atoms with E-state index in [2.05, 4.69) is 33.0 Å². The van der Waals surface area contributed by atoms with Gasteiger partial charge in [-0.1, -0.05) is 59.4 Å². The molecule has 0 radical (unpaired) electrons. The van der Waals surface area contributed by atoms with E-state index in [9.17, 15) is 14.4 Å². The molecule has 1 aromatic heterocycles. The van der Waals surface area contributed by atoms with Crippen LogP contribution in [0.25, 0.3) is 0 Å². The lowest BCUT2D eigenvalue weighted by molar-refractivity contribution is -0.122. The highest BCUT2D eigenvalue weighted by Crippen LogP contribution is 2.23. The van der Waals surface area contributed by atoms with Crippen LogP contribution in [0.4, 0.5) is 5.69 Å². The maximum absolute atomic E-state index is 12.9. The Morgan fingerprint density at radius 1 is 1.00 bits per heavy atom. The summed E-state index contributed by atoms with van der Waals surface area (Å²) in [4.78, 5) is 39.7. The first-order chi connectivity index (χ1) is 17.9. The van der Waals surface area contributed by atoms with Gasteiger partial charge < -0.3 is 15.5 Å². The van der Waals surface area contributed by atoms with Crippen molar-refractivity contribution in [2.75, 3.05) is 18.4 Å². The molecular formula is C28H33N5O3S. The average molecular weight is 520 g/mol. The number of carbonyl (C=O) groups excluding carboxylic acids is 3. The molecular weight excluding hydrogens is 486 g/mol. The summed E-state index contributed by atoms with van der Waals surface area (Å²) in [5, 5.41) is 14.1. The molecule has 2 heterocycles. The smallest absolute Gasteiger partial charge is 0.286 e. The van der Waals surface area contributed by atoms with Crippen molar-refractivity contribution in [3.8, 4) is 0 Å². The van der Waals surface area contributed by atoms with Crippen LogP contribution in [0.1, 0.15) is 63.3 Å². The molecule has 3 aromatic rings. The lowest BCUT2D eigenvalue weighted by Gasteiger charge is -2.31. The summed E-state index contributed by atoms with van der Waals surface area (Å²) in [5.41, 5.74) is 3.03. The van der Waals surface area contributed by atoms with Gasteiger partial charge in [-0.25, -0.2) is 0 Å². The van der Waals surface area contributed by atoms with E-state index < -0.39 is 0 Å². The summed E-state index contributed by atoms with van der Waals surface area (Å²) in [5.74, 6) is -0.290. The monoisotopic (exact) mass is 519 g/mol. The van der Waals surface area contributed by atoms with Crippen LogP contribution in [0.15, 0.2) is 54.6 Å². The minimum absolute atomic E-state index is 0.0682. The molecule has 37 heavy (non-hydrogen) atoms. The quantitative estimate of drug-likeness (QED) is 0.434. The molecule has 9 heteroatoms. The number of nitrogens with zero attached hydrogens (tertiary/aromatic N) is 3. The Labute approximate surface area is 221 Å². The van der Waals surface area contributed by atoms with Gasteiger partial charge in [-0.15, -0.1) is 10.2 Å². The van der Waals surface area contributed by atoms with E-state index in [4.69, 9.17) is 0 Å². The van der Waals surface area contributed by atoms with Crippen molar-refractivity contribution >= 4 is 34.7 Å². The second kappa shape index (κ2) is 12.6. The van der Waals surface area contributed by atoms with Crippen LogP contribution in [0.3, 0.4) is 0 Å². The molecule has 1 saturated heterocycles. The van der Waals surface area contributed by atoms with Crippen molar-refractivity contribution in [1.82, 2.24) is 20.4 Å². The van der Waals surface area contributed by atoms with Gasteiger partial charge >= 0.3 is 0 Å². The first-order valence-corrected chi connectivity index (χ1v) is 13.5. The normalized spacial score (nSPS) is 14.7. The molecule has 3 amide bonds. The predicted molar refractivity (Wildman–Crippen MR) is 145 cm³/mol. The van der Waals surface area contributed by atoms with Gasteiger partial charge in [-0.3, -0.25) is 14.4 Å². The lowest BCUT2D eigenvalue weighted by atomic mass is 9.93. The van der Waals surface area contributed by atoms with Gasteiger partial charge in [0.1, 0.15) is 0 Å². The number of aromatic nitrogens is 2. The molecule has 194 valence electrons. The zero-order valence-corrected chi connectivity index (χ0v) is 22.1. The Kier molecular flexibility index (Phi) is 9.00. The van der Waals surface area contributed by atoms with Crippen LogP contribution in [-0.4, -0.2) is 52.0 Å². The van der Waals surface area contributed by atoms with Crippen molar-refractivity contribution in [3.63, 3.8) is 0 Å². The number of rotatable bonds is 9. The van der Waals surface area contributed by atoms with Crippen LogP contribution < -0.4 is 10.6 Å². The van der Waals surface area contributed by atoms with E-state index in [1.807, 2.05) is 56.3 Å². The van der Waals surface area contributed by atoms with Gasteiger partial charge in [0.25, 0.3) is 11.8 Å². The first kappa shape index (κ1) is 26.5. The number of aryl methyl sites for hydroxylation is 2. The zero-order valence-electron chi connectivity index (χ0n) is 21.3. The fourth-order valence-electron chi connectivity index (χ4n) is 4.39. The molecule has 1 aliphatic rings. The second-order valence-corrected chi connectivity index (χ2v) is 10.6. The van der Waals surface area contributed by atoms with E-state index in [1.165, 1.54) is 5.56 Å². The van der Waals surface area contributed by atoms with Crippen LogP contribution in [0.5, 0.6) is 0 Å². The molecule has 0 bridgehead atoms. The zero-order chi connectivity index (χ0) is 26.2. The molecule has 0 aliphatic carbocycles.